The number of thiophene rings is 1. The van der Waals surface area contributed by atoms with E-state index in [0.29, 0.717) is 11.7 Å². The topological polar surface area (TPSA) is 17.1 Å². The van der Waals surface area contributed by atoms with Gasteiger partial charge in [-0.3, -0.25) is 4.79 Å². The first kappa shape index (κ1) is 14.3. The molecule has 0 saturated heterocycles. The highest BCUT2D eigenvalue weighted by Gasteiger charge is 2.42. The summed E-state index contributed by atoms with van der Waals surface area (Å²) in [5.74, 6) is 0.977. The average Bonchev–Trinajstić information content (AvgIpc) is 2.84. The fourth-order valence-electron chi connectivity index (χ4n) is 3.24. The number of hydrogen-bond donors (Lipinski definition) is 0. The summed E-state index contributed by atoms with van der Waals surface area (Å²) >= 11 is 5.18. The van der Waals surface area contributed by atoms with Crippen molar-refractivity contribution in [2.75, 3.05) is 0 Å². The normalized spacial score (nSPS) is 18.5. The molecule has 1 saturated carbocycles. The van der Waals surface area contributed by atoms with Crippen molar-refractivity contribution < 1.29 is 4.79 Å². The lowest BCUT2D eigenvalue weighted by Crippen LogP contribution is -2.29. The van der Waals surface area contributed by atoms with Crippen LogP contribution in [0.1, 0.15) is 60.5 Å². The van der Waals surface area contributed by atoms with Crippen LogP contribution in [0.4, 0.5) is 0 Å². The molecule has 0 atom stereocenters. The van der Waals surface area contributed by atoms with Gasteiger partial charge in [-0.15, -0.1) is 11.3 Å². The third-order valence-corrected chi connectivity index (χ3v) is 5.79. The standard InChI is InChI=1S/C15H21BrOS/c1-10(2)9-15(6-4-5-7-15)14(17)13-12(16)8-11(3)18-13/h8,10H,4-7,9H2,1-3H3. The molecule has 18 heavy (non-hydrogen) atoms. The van der Waals surface area contributed by atoms with Gasteiger partial charge in [0, 0.05) is 14.8 Å². The second-order valence-electron chi connectivity index (χ2n) is 5.95. The molecular weight excluding hydrogens is 308 g/mol. The first-order chi connectivity index (χ1) is 8.44. The third kappa shape index (κ3) is 2.72. The first-order valence-electron chi connectivity index (χ1n) is 6.75. The molecule has 0 amide bonds. The van der Waals surface area contributed by atoms with E-state index in [2.05, 4.69) is 42.8 Å². The van der Waals surface area contributed by atoms with E-state index in [1.54, 1.807) is 11.3 Å². The van der Waals surface area contributed by atoms with Crippen molar-refractivity contribution in [2.24, 2.45) is 11.3 Å². The molecule has 2 rings (SSSR count). The van der Waals surface area contributed by atoms with E-state index in [0.717, 1.165) is 28.6 Å². The van der Waals surface area contributed by atoms with Crippen LogP contribution in [-0.4, -0.2) is 5.78 Å². The summed E-state index contributed by atoms with van der Waals surface area (Å²) in [7, 11) is 0. The molecule has 0 aromatic carbocycles. The summed E-state index contributed by atoms with van der Waals surface area (Å²) in [5.41, 5.74) is -0.0754. The molecule has 1 nitrogen and oxygen atoms in total. The highest BCUT2D eigenvalue weighted by Crippen LogP contribution is 2.47. The summed E-state index contributed by atoms with van der Waals surface area (Å²) in [4.78, 5) is 15.1. The Bertz CT molecular complexity index is 441. The number of hydrogen-bond acceptors (Lipinski definition) is 2. The maximum atomic E-state index is 12.9. The van der Waals surface area contributed by atoms with Crippen LogP contribution in [-0.2, 0) is 0 Å². The molecule has 0 spiro atoms. The van der Waals surface area contributed by atoms with Crippen molar-refractivity contribution >= 4 is 33.0 Å². The molecule has 0 radical (unpaired) electrons. The molecule has 1 aliphatic rings. The van der Waals surface area contributed by atoms with Gasteiger partial charge in [0.15, 0.2) is 5.78 Å². The summed E-state index contributed by atoms with van der Waals surface area (Å²) in [6, 6.07) is 2.07. The molecule has 1 aliphatic carbocycles. The molecular formula is C15H21BrOS. The van der Waals surface area contributed by atoms with Crippen molar-refractivity contribution in [3.8, 4) is 0 Å². The third-order valence-electron chi connectivity index (χ3n) is 3.86. The van der Waals surface area contributed by atoms with Crippen LogP contribution in [0.25, 0.3) is 0 Å². The first-order valence-corrected chi connectivity index (χ1v) is 8.36. The number of carbonyl (C=O) groups excluding carboxylic acids is 1. The fourth-order valence-corrected chi connectivity index (χ4v) is 5.12. The Hall–Kier alpha value is -0.150. The Morgan fingerprint density at radius 3 is 2.50 bits per heavy atom. The predicted octanol–water partition coefficient (Wildman–Crippen LogP) is 5.61. The summed E-state index contributed by atoms with van der Waals surface area (Å²) in [6.07, 6.45) is 5.61. The van der Waals surface area contributed by atoms with Gasteiger partial charge in [-0.05, 0) is 54.1 Å². The number of ketones is 1. The van der Waals surface area contributed by atoms with E-state index in [9.17, 15) is 4.79 Å². The summed E-state index contributed by atoms with van der Waals surface area (Å²) in [5, 5.41) is 0. The lowest BCUT2D eigenvalue weighted by atomic mass is 9.74. The van der Waals surface area contributed by atoms with Crippen molar-refractivity contribution in [3.05, 3.63) is 20.3 Å². The lowest BCUT2D eigenvalue weighted by Gasteiger charge is -2.29. The van der Waals surface area contributed by atoms with Crippen molar-refractivity contribution in [1.29, 1.82) is 0 Å². The summed E-state index contributed by atoms with van der Waals surface area (Å²) < 4.78 is 0.991. The molecule has 1 aromatic heterocycles. The van der Waals surface area contributed by atoms with Crippen LogP contribution in [0, 0.1) is 18.3 Å². The van der Waals surface area contributed by atoms with Gasteiger partial charge in [-0.1, -0.05) is 26.7 Å². The molecule has 0 N–H and O–H groups in total. The van der Waals surface area contributed by atoms with Gasteiger partial charge in [-0.2, -0.15) is 0 Å². The Morgan fingerprint density at radius 1 is 1.44 bits per heavy atom. The van der Waals surface area contributed by atoms with Crippen molar-refractivity contribution in [2.45, 2.75) is 52.9 Å². The molecule has 3 heteroatoms. The Labute approximate surface area is 122 Å². The van der Waals surface area contributed by atoms with E-state index in [1.165, 1.54) is 17.7 Å². The summed E-state index contributed by atoms with van der Waals surface area (Å²) in [6.45, 7) is 6.51. The lowest BCUT2D eigenvalue weighted by molar-refractivity contribution is 0.0764. The van der Waals surface area contributed by atoms with Gasteiger partial charge in [0.25, 0.3) is 0 Å². The molecule has 0 aliphatic heterocycles. The number of aryl methyl sites for hydroxylation is 1. The number of rotatable bonds is 4. The molecule has 1 aromatic rings. The van der Waals surface area contributed by atoms with Gasteiger partial charge in [0.05, 0.1) is 4.88 Å². The van der Waals surface area contributed by atoms with Crippen LogP contribution in [0.3, 0.4) is 0 Å². The van der Waals surface area contributed by atoms with Gasteiger partial charge >= 0.3 is 0 Å². The highest BCUT2D eigenvalue weighted by atomic mass is 79.9. The van der Waals surface area contributed by atoms with Crippen molar-refractivity contribution in [1.82, 2.24) is 0 Å². The SMILES string of the molecule is Cc1cc(Br)c(C(=O)C2(CC(C)C)CCCC2)s1. The zero-order valence-electron chi connectivity index (χ0n) is 11.4. The predicted molar refractivity (Wildman–Crippen MR) is 81.4 cm³/mol. The fraction of sp³-hybridized carbons (Fsp3) is 0.667. The molecule has 0 bridgehead atoms. The zero-order valence-corrected chi connectivity index (χ0v) is 13.8. The smallest absolute Gasteiger partial charge is 0.180 e. The van der Waals surface area contributed by atoms with Crippen LogP contribution >= 0.6 is 27.3 Å². The Balaban J connectivity index is 2.31. The van der Waals surface area contributed by atoms with Gasteiger partial charge in [-0.25, -0.2) is 0 Å². The quantitative estimate of drug-likeness (QED) is 0.656. The minimum atomic E-state index is -0.0754. The highest BCUT2D eigenvalue weighted by molar-refractivity contribution is 9.10. The molecule has 1 fully saturated rings. The molecule has 0 unspecified atom stereocenters. The van der Waals surface area contributed by atoms with Crippen LogP contribution in [0.5, 0.6) is 0 Å². The maximum Gasteiger partial charge on any atom is 0.180 e. The maximum absolute atomic E-state index is 12.9. The van der Waals surface area contributed by atoms with E-state index in [4.69, 9.17) is 0 Å². The van der Waals surface area contributed by atoms with Crippen LogP contribution < -0.4 is 0 Å². The second kappa shape index (κ2) is 5.46. The number of halogens is 1. The minimum Gasteiger partial charge on any atom is -0.293 e. The van der Waals surface area contributed by atoms with Gasteiger partial charge in [0.2, 0.25) is 0 Å². The monoisotopic (exact) mass is 328 g/mol. The minimum absolute atomic E-state index is 0.0754. The average molecular weight is 329 g/mol. The number of carbonyl (C=O) groups is 1. The van der Waals surface area contributed by atoms with Crippen LogP contribution in [0.2, 0.25) is 0 Å². The largest absolute Gasteiger partial charge is 0.293 e. The number of Topliss-reactive ketones (excluding diaryl/α,β-unsaturated/α-hetero) is 1. The zero-order chi connectivity index (χ0) is 13.3. The van der Waals surface area contributed by atoms with E-state index in [1.807, 2.05) is 0 Å². The molecule has 100 valence electrons. The van der Waals surface area contributed by atoms with Crippen LogP contribution in [0.15, 0.2) is 10.5 Å². The Morgan fingerprint density at radius 2 is 2.06 bits per heavy atom. The molecule has 1 heterocycles. The van der Waals surface area contributed by atoms with Gasteiger partial charge in [0.1, 0.15) is 0 Å². The second-order valence-corrected chi connectivity index (χ2v) is 8.06. The van der Waals surface area contributed by atoms with E-state index >= 15 is 0 Å². The van der Waals surface area contributed by atoms with E-state index < -0.39 is 0 Å². The Kier molecular flexibility index (Phi) is 4.32. The van der Waals surface area contributed by atoms with Gasteiger partial charge < -0.3 is 0 Å². The van der Waals surface area contributed by atoms with Crippen molar-refractivity contribution in [3.63, 3.8) is 0 Å². The van der Waals surface area contributed by atoms with E-state index in [-0.39, 0.29) is 5.41 Å².